The molecule has 18 heavy (non-hydrogen) atoms. The van der Waals surface area contributed by atoms with Crippen LogP contribution in [-0.4, -0.2) is 13.5 Å². The molecule has 0 aliphatic rings. The molecule has 0 saturated heterocycles. The lowest BCUT2D eigenvalue weighted by molar-refractivity contribution is -0.105. The fourth-order valence-corrected chi connectivity index (χ4v) is 1.49. The zero-order chi connectivity index (χ0) is 12.8. The first-order valence-electron chi connectivity index (χ1n) is 5.44. The summed E-state index contributed by atoms with van der Waals surface area (Å²) >= 11 is 0. The number of anilines is 1. The summed E-state index contributed by atoms with van der Waals surface area (Å²) < 4.78 is 10.8. The maximum Gasteiger partial charge on any atom is 0.211 e. The third-order valence-corrected chi connectivity index (χ3v) is 2.36. The Balaban J connectivity index is 2.10. The average Bonchev–Trinajstić information content (AvgIpc) is 2.42. The quantitative estimate of drug-likeness (QED) is 0.821. The molecule has 2 aromatic carbocycles. The van der Waals surface area contributed by atoms with Crippen molar-refractivity contribution >= 4 is 12.1 Å². The molecule has 0 aromatic heterocycles. The van der Waals surface area contributed by atoms with E-state index in [1.807, 2.05) is 18.2 Å². The predicted octanol–water partition coefficient (Wildman–Crippen LogP) is 3.06. The second-order valence-corrected chi connectivity index (χ2v) is 3.57. The number of carbonyl (C=O) groups is 1. The molecule has 0 atom stereocenters. The minimum atomic E-state index is 0.637. The molecule has 4 heteroatoms. The van der Waals surface area contributed by atoms with Crippen molar-refractivity contribution in [2.24, 2.45) is 0 Å². The van der Waals surface area contributed by atoms with Gasteiger partial charge in [0.1, 0.15) is 17.2 Å². The molecule has 92 valence electrons. The number of benzene rings is 2. The molecule has 2 rings (SSSR count). The van der Waals surface area contributed by atoms with Crippen LogP contribution in [0.3, 0.4) is 0 Å². The van der Waals surface area contributed by atoms with Crippen molar-refractivity contribution in [3.05, 3.63) is 48.5 Å². The van der Waals surface area contributed by atoms with Gasteiger partial charge < -0.3 is 14.8 Å². The summed E-state index contributed by atoms with van der Waals surface area (Å²) in [6, 6.07) is 14.5. The van der Waals surface area contributed by atoms with Crippen molar-refractivity contribution in [1.29, 1.82) is 0 Å². The monoisotopic (exact) mass is 243 g/mol. The molecule has 0 radical (unpaired) electrons. The lowest BCUT2D eigenvalue weighted by atomic mass is 10.3. The number of hydrogen-bond acceptors (Lipinski definition) is 3. The molecular weight excluding hydrogens is 230 g/mol. The average molecular weight is 243 g/mol. The van der Waals surface area contributed by atoms with Crippen molar-refractivity contribution in [3.8, 4) is 17.2 Å². The fourth-order valence-electron chi connectivity index (χ4n) is 1.49. The number of hydrogen-bond donors (Lipinski definition) is 1. The number of carbonyl (C=O) groups excluding carboxylic acids is 1. The SMILES string of the molecule is COc1cccc(Oc2ccc(NC=O)cc2)c1. The molecule has 2 aromatic rings. The van der Waals surface area contributed by atoms with Gasteiger partial charge in [0.25, 0.3) is 0 Å². The van der Waals surface area contributed by atoms with Gasteiger partial charge in [0.15, 0.2) is 0 Å². The smallest absolute Gasteiger partial charge is 0.211 e. The molecule has 0 bridgehead atoms. The molecule has 0 saturated carbocycles. The van der Waals surface area contributed by atoms with E-state index in [0.29, 0.717) is 17.9 Å². The summed E-state index contributed by atoms with van der Waals surface area (Å²) in [4.78, 5) is 10.3. The van der Waals surface area contributed by atoms with Gasteiger partial charge in [-0.2, -0.15) is 0 Å². The van der Waals surface area contributed by atoms with E-state index in [1.165, 1.54) is 0 Å². The van der Waals surface area contributed by atoms with Gasteiger partial charge in [-0.05, 0) is 36.4 Å². The fraction of sp³-hybridized carbons (Fsp3) is 0.0714. The van der Waals surface area contributed by atoms with Crippen LogP contribution < -0.4 is 14.8 Å². The number of nitrogens with one attached hydrogen (secondary N) is 1. The molecule has 1 N–H and O–H groups in total. The third-order valence-electron chi connectivity index (χ3n) is 2.36. The first kappa shape index (κ1) is 12.0. The van der Waals surface area contributed by atoms with E-state index in [2.05, 4.69) is 5.32 Å². The van der Waals surface area contributed by atoms with Crippen LogP contribution in [0.5, 0.6) is 17.2 Å². The lowest BCUT2D eigenvalue weighted by Crippen LogP contribution is -1.93. The number of ether oxygens (including phenoxy) is 2. The minimum absolute atomic E-state index is 0.637. The molecule has 0 spiro atoms. The highest BCUT2D eigenvalue weighted by Gasteiger charge is 1.99. The first-order valence-corrected chi connectivity index (χ1v) is 5.44. The number of methoxy groups -OCH3 is 1. The molecule has 4 nitrogen and oxygen atoms in total. The normalized spacial score (nSPS) is 9.61. The standard InChI is InChI=1S/C14H13NO3/c1-17-13-3-2-4-14(9-13)18-12-7-5-11(6-8-12)15-10-16/h2-10H,1H3,(H,15,16). The van der Waals surface area contributed by atoms with Crippen LogP contribution in [0.1, 0.15) is 0 Å². The van der Waals surface area contributed by atoms with Crippen molar-refractivity contribution < 1.29 is 14.3 Å². The van der Waals surface area contributed by atoms with E-state index in [4.69, 9.17) is 9.47 Å². The highest BCUT2D eigenvalue weighted by molar-refractivity contribution is 5.71. The number of rotatable bonds is 5. The molecule has 0 fully saturated rings. The second kappa shape index (κ2) is 5.72. The summed E-state index contributed by atoms with van der Waals surface area (Å²) in [6.07, 6.45) is 0.637. The third kappa shape index (κ3) is 3.01. The summed E-state index contributed by atoms with van der Waals surface area (Å²) in [5.41, 5.74) is 0.725. The molecule has 0 aliphatic heterocycles. The van der Waals surface area contributed by atoms with Crippen molar-refractivity contribution in [1.82, 2.24) is 0 Å². The van der Waals surface area contributed by atoms with E-state index < -0.39 is 0 Å². The van der Waals surface area contributed by atoms with Crippen LogP contribution in [0, 0.1) is 0 Å². The Kier molecular flexibility index (Phi) is 3.81. The van der Waals surface area contributed by atoms with E-state index in [-0.39, 0.29) is 0 Å². The molecule has 0 aliphatic carbocycles. The molecule has 0 unspecified atom stereocenters. The highest BCUT2D eigenvalue weighted by atomic mass is 16.5. The topological polar surface area (TPSA) is 47.6 Å². The van der Waals surface area contributed by atoms with Crippen LogP contribution >= 0.6 is 0 Å². The Hall–Kier alpha value is -2.49. The van der Waals surface area contributed by atoms with Crippen molar-refractivity contribution in [2.45, 2.75) is 0 Å². The van der Waals surface area contributed by atoms with E-state index in [9.17, 15) is 4.79 Å². The Morgan fingerprint density at radius 3 is 2.39 bits per heavy atom. The van der Waals surface area contributed by atoms with Gasteiger partial charge in [-0.3, -0.25) is 4.79 Å². The maximum absolute atomic E-state index is 10.3. The van der Waals surface area contributed by atoms with Crippen LogP contribution in [0.25, 0.3) is 0 Å². The number of amides is 1. The van der Waals surface area contributed by atoms with Crippen LogP contribution in [-0.2, 0) is 4.79 Å². The Labute approximate surface area is 105 Å². The van der Waals surface area contributed by atoms with Gasteiger partial charge in [0.05, 0.1) is 7.11 Å². The van der Waals surface area contributed by atoms with Crippen LogP contribution in [0.4, 0.5) is 5.69 Å². The summed E-state index contributed by atoms with van der Waals surface area (Å²) in [5.74, 6) is 2.14. The molecular formula is C14H13NO3. The van der Waals surface area contributed by atoms with Crippen LogP contribution in [0.2, 0.25) is 0 Å². The largest absolute Gasteiger partial charge is 0.497 e. The predicted molar refractivity (Wildman–Crippen MR) is 69.2 cm³/mol. The Morgan fingerprint density at radius 1 is 1.00 bits per heavy atom. The summed E-state index contributed by atoms with van der Waals surface area (Å²) in [6.45, 7) is 0. The van der Waals surface area contributed by atoms with Gasteiger partial charge in [0, 0.05) is 11.8 Å². The lowest BCUT2D eigenvalue weighted by Gasteiger charge is -2.07. The Morgan fingerprint density at radius 2 is 1.72 bits per heavy atom. The Bertz CT molecular complexity index is 523. The van der Waals surface area contributed by atoms with Gasteiger partial charge >= 0.3 is 0 Å². The maximum atomic E-state index is 10.3. The first-order chi connectivity index (χ1) is 8.81. The van der Waals surface area contributed by atoms with Gasteiger partial charge in [-0.1, -0.05) is 6.07 Å². The zero-order valence-corrected chi connectivity index (χ0v) is 9.92. The summed E-state index contributed by atoms with van der Waals surface area (Å²) in [7, 11) is 1.61. The van der Waals surface area contributed by atoms with Crippen molar-refractivity contribution in [2.75, 3.05) is 12.4 Å². The van der Waals surface area contributed by atoms with Gasteiger partial charge in [-0.15, -0.1) is 0 Å². The van der Waals surface area contributed by atoms with Gasteiger partial charge in [-0.25, -0.2) is 0 Å². The molecule has 0 heterocycles. The zero-order valence-electron chi connectivity index (χ0n) is 9.92. The van der Waals surface area contributed by atoms with E-state index >= 15 is 0 Å². The highest BCUT2D eigenvalue weighted by Crippen LogP contribution is 2.25. The van der Waals surface area contributed by atoms with Gasteiger partial charge in [0.2, 0.25) is 6.41 Å². The van der Waals surface area contributed by atoms with Crippen LogP contribution in [0.15, 0.2) is 48.5 Å². The second-order valence-electron chi connectivity index (χ2n) is 3.57. The molecule has 1 amide bonds. The van der Waals surface area contributed by atoms with Crippen molar-refractivity contribution in [3.63, 3.8) is 0 Å². The van der Waals surface area contributed by atoms with E-state index in [1.54, 1.807) is 37.4 Å². The summed E-state index contributed by atoms with van der Waals surface area (Å²) in [5, 5.41) is 2.56. The minimum Gasteiger partial charge on any atom is -0.497 e. The van der Waals surface area contributed by atoms with E-state index in [0.717, 1.165) is 11.4 Å².